The monoisotopic (exact) mass is 439 g/mol. The largest absolute Gasteiger partial charge is 0.368 e. The summed E-state index contributed by atoms with van der Waals surface area (Å²) in [6.07, 6.45) is 3.44. The molecule has 4 heterocycles. The Kier molecular flexibility index (Phi) is 7.04. The van der Waals surface area contributed by atoms with E-state index in [-0.39, 0.29) is 12.0 Å². The Morgan fingerprint density at radius 3 is 2.59 bits per heavy atom. The number of carbonyl (C=O) groups is 1. The Balaban J connectivity index is 1.36. The van der Waals surface area contributed by atoms with E-state index in [0.717, 1.165) is 61.2 Å². The van der Waals surface area contributed by atoms with Gasteiger partial charge in [0, 0.05) is 51.2 Å². The summed E-state index contributed by atoms with van der Waals surface area (Å²) in [5.41, 5.74) is 3.08. The number of aryl methyl sites for hydroxylation is 2. The van der Waals surface area contributed by atoms with Gasteiger partial charge in [-0.2, -0.15) is 5.10 Å². The average Bonchev–Trinajstić information content (AvgIpc) is 3.46. The highest BCUT2D eigenvalue weighted by Crippen LogP contribution is 2.16. The minimum atomic E-state index is -0.242. The molecule has 1 atom stereocenters. The van der Waals surface area contributed by atoms with Crippen molar-refractivity contribution in [3.63, 3.8) is 0 Å². The molecule has 9 heteroatoms. The van der Waals surface area contributed by atoms with Crippen LogP contribution in [0.15, 0.2) is 29.4 Å². The molecular formula is C23H33N7O2. The van der Waals surface area contributed by atoms with E-state index >= 15 is 0 Å². The van der Waals surface area contributed by atoms with Crippen molar-refractivity contribution in [3.8, 4) is 5.82 Å². The molecule has 0 radical (unpaired) electrons. The quantitative estimate of drug-likeness (QED) is 0.563. The minimum absolute atomic E-state index is 0.137. The molecule has 0 saturated carbocycles. The van der Waals surface area contributed by atoms with Crippen LogP contribution in [0.25, 0.3) is 5.82 Å². The van der Waals surface area contributed by atoms with Gasteiger partial charge >= 0.3 is 0 Å². The molecule has 9 nitrogen and oxygen atoms in total. The van der Waals surface area contributed by atoms with E-state index in [2.05, 4.69) is 27.2 Å². The number of carbonyl (C=O) groups excluding carboxylic acids is 1. The number of aliphatic imine (C=N–C) groups is 1. The molecule has 1 amide bonds. The van der Waals surface area contributed by atoms with Crippen LogP contribution in [0.4, 0.5) is 0 Å². The predicted octanol–water partition coefficient (Wildman–Crippen LogP) is 1.67. The molecule has 0 aliphatic carbocycles. The topological polar surface area (TPSA) is 87.9 Å². The van der Waals surface area contributed by atoms with E-state index in [0.29, 0.717) is 26.2 Å². The van der Waals surface area contributed by atoms with Crippen molar-refractivity contribution < 1.29 is 9.53 Å². The van der Waals surface area contributed by atoms with Crippen molar-refractivity contribution in [2.75, 3.05) is 39.3 Å². The predicted molar refractivity (Wildman–Crippen MR) is 123 cm³/mol. The fraction of sp³-hybridized carbons (Fsp3) is 0.565. The lowest BCUT2D eigenvalue weighted by molar-refractivity contribution is -0.142. The second kappa shape index (κ2) is 10.1. The molecule has 2 aliphatic heterocycles. The summed E-state index contributed by atoms with van der Waals surface area (Å²) in [6.45, 7) is 11.0. The maximum Gasteiger partial charge on any atom is 0.251 e. The third-order valence-electron chi connectivity index (χ3n) is 5.88. The van der Waals surface area contributed by atoms with Crippen LogP contribution in [0.3, 0.4) is 0 Å². The van der Waals surface area contributed by atoms with Gasteiger partial charge in [0.05, 0.1) is 12.2 Å². The average molecular weight is 440 g/mol. The van der Waals surface area contributed by atoms with Gasteiger partial charge in [-0.1, -0.05) is 6.07 Å². The summed E-state index contributed by atoms with van der Waals surface area (Å²) in [5.74, 6) is 1.82. The van der Waals surface area contributed by atoms with E-state index in [9.17, 15) is 4.79 Å². The fourth-order valence-corrected chi connectivity index (χ4v) is 4.20. The standard InChI is InChI=1S/C23H33N7O2/c1-4-24-23(29-11-9-28(10-12-29)22(31)20-6-5-13-32-20)26-16-19-7-8-21(25-15-19)30-18(3)14-17(2)27-30/h7-8,14-15,20H,4-6,9-13,16H2,1-3H3,(H,24,26). The lowest BCUT2D eigenvalue weighted by atomic mass is 10.2. The third-order valence-corrected chi connectivity index (χ3v) is 5.88. The second-order valence-electron chi connectivity index (χ2n) is 8.35. The van der Waals surface area contributed by atoms with Gasteiger partial charge in [-0.05, 0) is 51.3 Å². The maximum absolute atomic E-state index is 12.6. The summed E-state index contributed by atoms with van der Waals surface area (Å²) in [6, 6.07) is 6.06. The molecule has 2 aromatic rings. The number of aromatic nitrogens is 3. The van der Waals surface area contributed by atoms with Crippen molar-refractivity contribution in [2.45, 2.75) is 46.3 Å². The summed E-state index contributed by atoms with van der Waals surface area (Å²) in [7, 11) is 0. The first-order valence-electron chi connectivity index (χ1n) is 11.5. The molecule has 2 saturated heterocycles. The Labute approximate surface area is 189 Å². The number of nitrogens with one attached hydrogen (secondary N) is 1. The molecule has 172 valence electrons. The summed E-state index contributed by atoms with van der Waals surface area (Å²) in [4.78, 5) is 26.1. The molecule has 2 aliphatic rings. The van der Waals surface area contributed by atoms with Gasteiger partial charge in [-0.25, -0.2) is 14.7 Å². The van der Waals surface area contributed by atoms with Gasteiger partial charge in [-0.15, -0.1) is 0 Å². The number of amides is 1. The van der Waals surface area contributed by atoms with Gasteiger partial charge in [-0.3, -0.25) is 4.79 Å². The Hall–Kier alpha value is -2.94. The summed E-state index contributed by atoms with van der Waals surface area (Å²) >= 11 is 0. The number of nitrogens with zero attached hydrogens (tertiary/aromatic N) is 6. The highest BCUT2D eigenvalue weighted by atomic mass is 16.5. The van der Waals surface area contributed by atoms with Crippen LogP contribution in [0.5, 0.6) is 0 Å². The van der Waals surface area contributed by atoms with E-state index in [1.165, 1.54) is 0 Å². The molecular weight excluding hydrogens is 406 g/mol. The van der Waals surface area contributed by atoms with Gasteiger partial charge < -0.3 is 19.9 Å². The van der Waals surface area contributed by atoms with Crippen molar-refractivity contribution in [1.29, 1.82) is 0 Å². The van der Waals surface area contributed by atoms with Crippen LogP contribution in [0, 0.1) is 13.8 Å². The second-order valence-corrected chi connectivity index (χ2v) is 8.35. The summed E-state index contributed by atoms with van der Waals surface area (Å²) in [5, 5.41) is 7.87. The molecule has 2 fully saturated rings. The third kappa shape index (κ3) is 5.09. The molecule has 0 spiro atoms. The zero-order valence-corrected chi connectivity index (χ0v) is 19.3. The first kappa shape index (κ1) is 22.3. The van der Waals surface area contributed by atoms with Crippen LogP contribution in [-0.2, 0) is 16.1 Å². The Morgan fingerprint density at radius 1 is 1.22 bits per heavy atom. The normalized spacial score (nSPS) is 19.5. The number of hydrogen-bond acceptors (Lipinski definition) is 5. The number of guanidine groups is 1. The molecule has 32 heavy (non-hydrogen) atoms. The number of rotatable bonds is 5. The minimum Gasteiger partial charge on any atom is -0.368 e. The molecule has 0 bridgehead atoms. The van der Waals surface area contributed by atoms with Crippen LogP contribution < -0.4 is 5.32 Å². The maximum atomic E-state index is 12.6. The van der Waals surface area contributed by atoms with Crippen LogP contribution >= 0.6 is 0 Å². The van der Waals surface area contributed by atoms with Gasteiger partial charge in [0.25, 0.3) is 5.91 Å². The van der Waals surface area contributed by atoms with Gasteiger partial charge in [0.1, 0.15) is 6.10 Å². The van der Waals surface area contributed by atoms with Crippen molar-refractivity contribution in [1.82, 2.24) is 29.9 Å². The van der Waals surface area contributed by atoms with E-state index < -0.39 is 0 Å². The smallest absolute Gasteiger partial charge is 0.251 e. The molecule has 0 aromatic carbocycles. The lowest BCUT2D eigenvalue weighted by Gasteiger charge is -2.37. The number of piperazine rings is 1. The lowest BCUT2D eigenvalue weighted by Crippen LogP contribution is -2.55. The highest BCUT2D eigenvalue weighted by molar-refractivity contribution is 5.82. The first-order chi connectivity index (χ1) is 15.5. The van der Waals surface area contributed by atoms with Crippen LogP contribution in [0.1, 0.15) is 36.7 Å². The molecule has 1 N–H and O–H groups in total. The number of hydrogen-bond donors (Lipinski definition) is 1. The van der Waals surface area contributed by atoms with E-state index in [1.807, 2.05) is 47.8 Å². The van der Waals surface area contributed by atoms with Crippen LogP contribution in [-0.4, -0.2) is 81.9 Å². The van der Waals surface area contributed by atoms with Gasteiger partial charge in [0.15, 0.2) is 11.8 Å². The fourth-order valence-electron chi connectivity index (χ4n) is 4.20. The number of ether oxygens (including phenoxy) is 1. The Morgan fingerprint density at radius 2 is 2.00 bits per heavy atom. The summed E-state index contributed by atoms with van der Waals surface area (Å²) < 4.78 is 7.41. The van der Waals surface area contributed by atoms with E-state index in [1.54, 1.807) is 0 Å². The highest BCUT2D eigenvalue weighted by Gasteiger charge is 2.30. The number of pyridine rings is 1. The van der Waals surface area contributed by atoms with Gasteiger partial charge in [0.2, 0.25) is 0 Å². The molecule has 4 rings (SSSR count). The molecule has 1 unspecified atom stereocenters. The zero-order chi connectivity index (χ0) is 22.5. The van der Waals surface area contributed by atoms with Crippen LogP contribution in [0.2, 0.25) is 0 Å². The van der Waals surface area contributed by atoms with Crippen molar-refractivity contribution >= 4 is 11.9 Å². The van der Waals surface area contributed by atoms with E-state index in [4.69, 9.17) is 9.73 Å². The first-order valence-corrected chi connectivity index (χ1v) is 11.5. The zero-order valence-electron chi connectivity index (χ0n) is 19.3. The molecule has 2 aromatic heterocycles. The van der Waals surface area contributed by atoms with Crippen molar-refractivity contribution in [2.24, 2.45) is 4.99 Å². The Bertz CT molecular complexity index is 940. The SMILES string of the molecule is CCNC(=NCc1ccc(-n2nc(C)cc2C)nc1)N1CCN(C(=O)C2CCCO2)CC1. The van der Waals surface area contributed by atoms with Crippen molar-refractivity contribution in [3.05, 3.63) is 41.3 Å².